The summed E-state index contributed by atoms with van der Waals surface area (Å²) in [4.78, 5) is 0. The van der Waals surface area contributed by atoms with Crippen LogP contribution in [0.5, 0.6) is 5.75 Å². The lowest BCUT2D eigenvalue weighted by Gasteiger charge is -2.07. The molecule has 2 rings (SSSR count). The Morgan fingerprint density at radius 1 is 1.50 bits per heavy atom. The van der Waals surface area contributed by atoms with Crippen molar-refractivity contribution in [1.82, 2.24) is 15.0 Å². The zero-order valence-electron chi connectivity index (χ0n) is 8.72. The van der Waals surface area contributed by atoms with E-state index in [1.54, 1.807) is 12.3 Å². The molecule has 0 unspecified atom stereocenters. The maximum Gasteiger partial charge on any atom is 0.165 e. The molecule has 0 spiro atoms. The number of aromatic nitrogens is 3. The standard InChI is InChI=1S/C10H11FN4O/c1-16-9-3-2-8(11)4-7(9)5-15-6-10(12)13-14-15/h2-4,6H,5,12H2,1H3. The predicted molar refractivity (Wildman–Crippen MR) is 56.5 cm³/mol. The molecule has 1 aromatic carbocycles. The van der Waals surface area contributed by atoms with Gasteiger partial charge in [-0.05, 0) is 18.2 Å². The minimum atomic E-state index is -0.316. The Bertz CT molecular complexity index is 497. The maximum atomic E-state index is 13.1. The Balaban J connectivity index is 2.29. The summed E-state index contributed by atoms with van der Waals surface area (Å²) in [5.41, 5.74) is 6.12. The molecule has 2 N–H and O–H groups in total. The molecule has 1 aromatic heterocycles. The van der Waals surface area contributed by atoms with Crippen molar-refractivity contribution in [2.24, 2.45) is 0 Å². The molecule has 6 heteroatoms. The first kappa shape index (κ1) is 10.4. The lowest BCUT2D eigenvalue weighted by molar-refractivity contribution is 0.405. The van der Waals surface area contributed by atoms with Crippen LogP contribution in [0.1, 0.15) is 5.56 Å². The smallest absolute Gasteiger partial charge is 0.165 e. The monoisotopic (exact) mass is 222 g/mol. The highest BCUT2D eigenvalue weighted by molar-refractivity contribution is 5.34. The second-order valence-electron chi connectivity index (χ2n) is 3.30. The number of hydrogen-bond donors (Lipinski definition) is 1. The highest BCUT2D eigenvalue weighted by Gasteiger charge is 2.06. The Labute approximate surface area is 91.6 Å². The quantitative estimate of drug-likeness (QED) is 0.843. The first-order valence-corrected chi connectivity index (χ1v) is 4.67. The number of anilines is 1. The molecular formula is C10H11FN4O. The molecule has 0 aliphatic rings. The van der Waals surface area contributed by atoms with Crippen LogP contribution in [-0.2, 0) is 6.54 Å². The molecule has 0 saturated carbocycles. The zero-order chi connectivity index (χ0) is 11.5. The van der Waals surface area contributed by atoms with Gasteiger partial charge in [-0.15, -0.1) is 5.10 Å². The summed E-state index contributed by atoms with van der Waals surface area (Å²) < 4.78 is 19.7. The largest absolute Gasteiger partial charge is 0.496 e. The normalized spacial score (nSPS) is 10.4. The molecule has 0 fully saturated rings. The number of nitrogen functional groups attached to an aromatic ring is 1. The molecule has 16 heavy (non-hydrogen) atoms. The van der Waals surface area contributed by atoms with Crippen LogP contribution in [0.15, 0.2) is 24.4 Å². The summed E-state index contributed by atoms with van der Waals surface area (Å²) >= 11 is 0. The number of ether oxygens (including phenoxy) is 1. The molecule has 84 valence electrons. The summed E-state index contributed by atoms with van der Waals surface area (Å²) in [5, 5.41) is 7.43. The van der Waals surface area contributed by atoms with Gasteiger partial charge in [-0.2, -0.15) is 0 Å². The van der Waals surface area contributed by atoms with Crippen LogP contribution in [-0.4, -0.2) is 22.1 Å². The van der Waals surface area contributed by atoms with Gasteiger partial charge in [0.1, 0.15) is 11.6 Å². The lowest BCUT2D eigenvalue weighted by atomic mass is 10.2. The van der Waals surface area contributed by atoms with Crippen LogP contribution in [0.3, 0.4) is 0 Å². The molecule has 0 saturated heterocycles. The molecule has 0 amide bonds. The van der Waals surface area contributed by atoms with Gasteiger partial charge < -0.3 is 10.5 Å². The van der Waals surface area contributed by atoms with Gasteiger partial charge in [0.25, 0.3) is 0 Å². The molecular weight excluding hydrogens is 211 g/mol. The highest BCUT2D eigenvalue weighted by atomic mass is 19.1. The second kappa shape index (κ2) is 4.18. The van der Waals surface area contributed by atoms with Gasteiger partial charge in [-0.1, -0.05) is 5.21 Å². The van der Waals surface area contributed by atoms with Crippen molar-refractivity contribution >= 4 is 5.82 Å². The first-order valence-electron chi connectivity index (χ1n) is 4.67. The zero-order valence-corrected chi connectivity index (χ0v) is 8.72. The number of halogens is 1. The second-order valence-corrected chi connectivity index (χ2v) is 3.30. The molecule has 1 heterocycles. The van der Waals surface area contributed by atoms with Crippen molar-refractivity contribution in [3.63, 3.8) is 0 Å². The maximum absolute atomic E-state index is 13.1. The van der Waals surface area contributed by atoms with E-state index >= 15 is 0 Å². The molecule has 0 radical (unpaired) electrons. The van der Waals surface area contributed by atoms with Gasteiger partial charge in [0.05, 0.1) is 19.9 Å². The van der Waals surface area contributed by atoms with Gasteiger partial charge >= 0.3 is 0 Å². The van der Waals surface area contributed by atoms with E-state index in [1.165, 1.54) is 23.9 Å². The van der Waals surface area contributed by atoms with E-state index in [-0.39, 0.29) is 5.82 Å². The molecule has 0 bridgehead atoms. The highest BCUT2D eigenvalue weighted by Crippen LogP contribution is 2.20. The fourth-order valence-corrected chi connectivity index (χ4v) is 1.44. The minimum absolute atomic E-state index is 0.316. The third-order valence-corrected chi connectivity index (χ3v) is 2.13. The third-order valence-electron chi connectivity index (χ3n) is 2.13. The van der Waals surface area contributed by atoms with E-state index in [2.05, 4.69) is 10.3 Å². The van der Waals surface area contributed by atoms with E-state index in [0.29, 0.717) is 23.7 Å². The van der Waals surface area contributed by atoms with Crippen LogP contribution >= 0.6 is 0 Å². The summed E-state index contributed by atoms with van der Waals surface area (Å²) in [6, 6.07) is 4.32. The van der Waals surface area contributed by atoms with E-state index in [9.17, 15) is 4.39 Å². The van der Waals surface area contributed by atoms with Crippen molar-refractivity contribution in [2.75, 3.05) is 12.8 Å². The molecule has 2 aromatic rings. The number of methoxy groups -OCH3 is 1. The van der Waals surface area contributed by atoms with Crippen LogP contribution in [0.4, 0.5) is 10.2 Å². The van der Waals surface area contributed by atoms with Gasteiger partial charge in [-0.3, -0.25) is 0 Å². The van der Waals surface area contributed by atoms with Crippen molar-refractivity contribution in [2.45, 2.75) is 6.54 Å². The minimum Gasteiger partial charge on any atom is -0.496 e. The Morgan fingerprint density at radius 2 is 2.31 bits per heavy atom. The number of nitrogens with zero attached hydrogens (tertiary/aromatic N) is 3. The van der Waals surface area contributed by atoms with E-state index in [1.807, 2.05) is 0 Å². The third kappa shape index (κ3) is 2.10. The van der Waals surface area contributed by atoms with Crippen LogP contribution < -0.4 is 10.5 Å². The van der Waals surface area contributed by atoms with Gasteiger partial charge in [0.2, 0.25) is 0 Å². The van der Waals surface area contributed by atoms with Crippen molar-refractivity contribution in [3.8, 4) is 5.75 Å². The summed E-state index contributed by atoms with van der Waals surface area (Å²) in [5.74, 6) is 0.620. The van der Waals surface area contributed by atoms with Crippen molar-refractivity contribution < 1.29 is 9.13 Å². The summed E-state index contributed by atoms with van der Waals surface area (Å²) in [6.45, 7) is 0.366. The van der Waals surface area contributed by atoms with Crippen LogP contribution in [0, 0.1) is 5.82 Å². The molecule has 0 aliphatic carbocycles. The predicted octanol–water partition coefficient (Wildman–Crippen LogP) is 1.06. The fraction of sp³-hybridized carbons (Fsp3) is 0.200. The molecule has 0 aliphatic heterocycles. The van der Waals surface area contributed by atoms with E-state index in [4.69, 9.17) is 10.5 Å². The number of rotatable bonds is 3. The average Bonchev–Trinajstić information content (AvgIpc) is 2.64. The summed E-state index contributed by atoms with van der Waals surface area (Å²) in [7, 11) is 1.53. The number of benzene rings is 1. The Morgan fingerprint density at radius 3 is 2.94 bits per heavy atom. The van der Waals surface area contributed by atoms with Gasteiger partial charge in [0, 0.05) is 5.56 Å². The Hall–Kier alpha value is -2.11. The molecule has 5 nitrogen and oxygen atoms in total. The topological polar surface area (TPSA) is 66.0 Å². The fourth-order valence-electron chi connectivity index (χ4n) is 1.44. The summed E-state index contributed by atoms with van der Waals surface area (Å²) in [6.07, 6.45) is 1.57. The van der Waals surface area contributed by atoms with Gasteiger partial charge in [-0.25, -0.2) is 9.07 Å². The van der Waals surface area contributed by atoms with E-state index in [0.717, 1.165) is 0 Å². The number of nitrogens with two attached hydrogens (primary N) is 1. The van der Waals surface area contributed by atoms with Crippen molar-refractivity contribution in [3.05, 3.63) is 35.8 Å². The van der Waals surface area contributed by atoms with Crippen LogP contribution in [0.25, 0.3) is 0 Å². The van der Waals surface area contributed by atoms with E-state index < -0.39 is 0 Å². The molecule has 0 atom stereocenters. The van der Waals surface area contributed by atoms with Crippen LogP contribution in [0.2, 0.25) is 0 Å². The number of hydrogen-bond acceptors (Lipinski definition) is 4. The Kier molecular flexibility index (Phi) is 2.72. The lowest BCUT2D eigenvalue weighted by Crippen LogP contribution is -2.03. The average molecular weight is 222 g/mol. The van der Waals surface area contributed by atoms with Crippen molar-refractivity contribution in [1.29, 1.82) is 0 Å². The first-order chi connectivity index (χ1) is 7.69. The van der Waals surface area contributed by atoms with Gasteiger partial charge in [0.15, 0.2) is 5.82 Å². The SMILES string of the molecule is COc1ccc(F)cc1Cn1cc(N)nn1.